The van der Waals surface area contributed by atoms with Crippen molar-refractivity contribution in [1.29, 1.82) is 0 Å². The summed E-state index contributed by atoms with van der Waals surface area (Å²) in [5.41, 5.74) is 3.62. The number of hydrogen-bond donors (Lipinski definition) is 2. The molecule has 10 heteroatoms. The Kier molecular flexibility index (Phi) is 5.94. The van der Waals surface area contributed by atoms with E-state index in [9.17, 15) is 13.9 Å². The van der Waals surface area contributed by atoms with E-state index < -0.39 is 17.7 Å². The Morgan fingerprint density at radius 1 is 1.06 bits per heavy atom. The van der Waals surface area contributed by atoms with Gasteiger partial charge in [-0.1, -0.05) is 35.9 Å². The summed E-state index contributed by atoms with van der Waals surface area (Å²) in [5.74, 6) is -1.32. The predicted molar refractivity (Wildman–Crippen MR) is 120 cm³/mol. The lowest BCUT2D eigenvalue weighted by Crippen LogP contribution is -2.40. The molecule has 0 aliphatic carbocycles. The van der Waals surface area contributed by atoms with Gasteiger partial charge >= 0.3 is 0 Å². The van der Waals surface area contributed by atoms with Gasteiger partial charge in [-0.05, 0) is 24.3 Å². The lowest BCUT2D eigenvalue weighted by molar-refractivity contribution is 0.0493. The highest BCUT2D eigenvalue weighted by Crippen LogP contribution is 2.35. The van der Waals surface area contributed by atoms with Gasteiger partial charge in [0, 0.05) is 35.3 Å². The number of aromatic nitrogens is 3. The fourth-order valence-corrected chi connectivity index (χ4v) is 4.11. The first-order valence-electron chi connectivity index (χ1n) is 10.4. The van der Waals surface area contributed by atoms with Crippen LogP contribution >= 0.6 is 11.6 Å². The molecule has 0 spiro atoms. The molecule has 1 saturated heterocycles. The van der Waals surface area contributed by atoms with Crippen molar-refractivity contribution in [3.8, 4) is 5.69 Å². The molecule has 0 saturated carbocycles. The molecule has 5 rings (SSSR count). The molecular formula is C23H20ClF2N5O2. The molecular weight excluding hydrogens is 452 g/mol. The highest BCUT2D eigenvalue weighted by atomic mass is 35.5. The van der Waals surface area contributed by atoms with E-state index in [1.807, 2.05) is 5.01 Å². The summed E-state index contributed by atoms with van der Waals surface area (Å²) in [6, 6.07) is 12.0. The number of nitrogens with zero attached hydrogens (tertiary/aromatic N) is 4. The molecule has 1 aliphatic rings. The van der Waals surface area contributed by atoms with Crippen molar-refractivity contribution in [3.63, 3.8) is 0 Å². The Balaban J connectivity index is 1.68. The normalized spacial score (nSPS) is 15.6. The number of anilines is 1. The molecule has 0 radical (unpaired) electrons. The molecule has 0 amide bonds. The fourth-order valence-electron chi connectivity index (χ4n) is 3.87. The average molecular weight is 472 g/mol. The van der Waals surface area contributed by atoms with Gasteiger partial charge < -0.3 is 9.84 Å². The molecule has 170 valence electrons. The van der Waals surface area contributed by atoms with Crippen LogP contribution in [0.15, 0.2) is 54.7 Å². The second-order valence-corrected chi connectivity index (χ2v) is 7.99. The summed E-state index contributed by atoms with van der Waals surface area (Å²) in [4.78, 5) is 8.86. The summed E-state index contributed by atoms with van der Waals surface area (Å²) in [5, 5.41) is 13.9. The van der Waals surface area contributed by atoms with Gasteiger partial charge in [0.25, 0.3) is 0 Å². The van der Waals surface area contributed by atoms with E-state index in [4.69, 9.17) is 16.3 Å². The molecule has 1 atom stereocenters. The van der Waals surface area contributed by atoms with Crippen LogP contribution < -0.4 is 5.43 Å². The van der Waals surface area contributed by atoms with Gasteiger partial charge in [0.1, 0.15) is 23.4 Å². The van der Waals surface area contributed by atoms with Gasteiger partial charge in [-0.25, -0.2) is 18.8 Å². The molecule has 3 heterocycles. The van der Waals surface area contributed by atoms with Crippen LogP contribution in [0.1, 0.15) is 17.4 Å². The van der Waals surface area contributed by atoms with Gasteiger partial charge in [-0.3, -0.25) is 9.99 Å². The summed E-state index contributed by atoms with van der Waals surface area (Å²) in [6.07, 6.45) is 0.283. The molecule has 1 unspecified atom stereocenters. The zero-order valence-corrected chi connectivity index (χ0v) is 18.1. The number of hydrogen-bond acceptors (Lipinski definition) is 6. The van der Waals surface area contributed by atoms with Gasteiger partial charge in [0.15, 0.2) is 5.65 Å². The van der Waals surface area contributed by atoms with Crippen LogP contribution in [0.2, 0.25) is 5.02 Å². The number of para-hydroxylation sites is 1. The maximum Gasteiger partial charge on any atom is 0.239 e. The number of halogens is 3. The van der Waals surface area contributed by atoms with Crippen LogP contribution in [0.4, 0.5) is 14.7 Å². The minimum atomic E-state index is -1.26. The maximum absolute atomic E-state index is 14.9. The van der Waals surface area contributed by atoms with E-state index in [2.05, 4.69) is 15.4 Å². The SMILES string of the molecule is OC(c1ccccc1Cl)c1cc2cnc(NN3CCOCC3)nc2n1-c1c(F)cccc1F. The lowest BCUT2D eigenvalue weighted by atomic mass is 10.1. The topological polar surface area (TPSA) is 75.4 Å². The van der Waals surface area contributed by atoms with E-state index in [-0.39, 0.29) is 23.0 Å². The van der Waals surface area contributed by atoms with Crippen LogP contribution in [0.25, 0.3) is 16.7 Å². The number of benzene rings is 2. The Bertz CT molecular complexity index is 1290. The molecule has 7 nitrogen and oxygen atoms in total. The molecule has 1 fully saturated rings. The van der Waals surface area contributed by atoms with E-state index >= 15 is 0 Å². The van der Waals surface area contributed by atoms with Crippen molar-refractivity contribution in [2.45, 2.75) is 6.10 Å². The molecule has 33 heavy (non-hydrogen) atoms. The number of rotatable bonds is 5. The average Bonchev–Trinajstić information content (AvgIpc) is 3.18. The predicted octanol–water partition coefficient (Wildman–Crippen LogP) is 4.09. The number of morpholine rings is 1. The summed E-state index contributed by atoms with van der Waals surface area (Å²) in [7, 11) is 0. The quantitative estimate of drug-likeness (QED) is 0.456. The van der Waals surface area contributed by atoms with Gasteiger partial charge in [-0.15, -0.1) is 0 Å². The first-order chi connectivity index (χ1) is 16.0. The number of ether oxygens (including phenoxy) is 1. The maximum atomic E-state index is 14.9. The van der Waals surface area contributed by atoms with E-state index in [0.717, 1.165) is 12.1 Å². The Hall–Kier alpha value is -3.11. The van der Waals surface area contributed by atoms with Crippen molar-refractivity contribution >= 4 is 28.6 Å². The van der Waals surface area contributed by atoms with Crippen LogP contribution in [0.3, 0.4) is 0 Å². The second-order valence-electron chi connectivity index (χ2n) is 7.58. The molecule has 2 aromatic carbocycles. The van der Waals surface area contributed by atoms with Crippen LogP contribution in [-0.2, 0) is 4.74 Å². The number of nitrogens with one attached hydrogen (secondary N) is 1. The second kappa shape index (κ2) is 9.03. The molecule has 4 aromatic rings. The van der Waals surface area contributed by atoms with E-state index in [1.165, 1.54) is 10.6 Å². The highest BCUT2D eigenvalue weighted by molar-refractivity contribution is 6.31. The first kappa shape index (κ1) is 21.7. The summed E-state index contributed by atoms with van der Waals surface area (Å²) >= 11 is 6.29. The lowest BCUT2D eigenvalue weighted by Gasteiger charge is -2.26. The largest absolute Gasteiger partial charge is 0.382 e. The summed E-state index contributed by atoms with van der Waals surface area (Å²) in [6.45, 7) is 2.42. The van der Waals surface area contributed by atoms with E-state index in [0.29, 0.717) is 42.3 Å². The molecule has 0 bridgehead atoms. The molecule has 2 aromatic heterocycles. The van der Waals surface area contributed by atoms with Crippen LogP contribution in [0.5, 0.6) is 0 Å². The standard InChI is InChI=1S/C23H20ClF2N5O2/c24-16-5-2-1-4-15(16)21(32)19-12-14-13-27-23(29-30-8-10-33-11-9-30)28-22(14)31(19)20-17(25)6-3-7-18(20)26/h1-7,12-13,21,32H,8-11H2,(H,27,28,29). The monoisotopic (exact) mass is 471 g/mol. The van der Waals surface area contributed by atoms with Crippen molar-refractivity contribution in [2.24, 2.45) is 0 Å². The van der Waals surface area contributed by atoms with Gasteiger partial charge in [0.2, 0.25) is 5.95 Å². The van der Waals surface area contributed by atoms with Crippen molar-refractivity contribution in [3.05, 3.63) is 82.6 Å². The zero-order chi connectivity index (χ0) is 22.9. The number of aliphatic hydroxyl groups is 1. The minimum absolute atomic E-state index is 0.208. The van der Waals surface area contributed by atoms with Gasteiger partial charge in [0.05, 0.1) is 18.9 Å². The number of hydrazine groups is 1. The smallest absolute Gasteiger partial charge is 0.239 e. The van der Waals surface area contributed by atoms with Crippen LogP contribution in [-0.4, -0.2) is 51.0 Å². The van der Waals surface area contributed by atoms with Crippen molar-refractivity contribution in [1.82, 2.24) is 19.5 Å². The zero-order valence-electron chi connectivity index (χ0n) is 17.4. The molecule has 1 aliphatic heterocycles. The van der Waals surface area contributed by atoms with Crippen LogP contribution in [0, 0.1) is 11.6 Å². The van der Waals surface area contributed by atoms with Gasteiger partial charge in [-0.2, -0.15) is 4.98 Å². The third kappa shape index (κ3) is 4.16. The molecule has 2 N–H and O–H groups in total. The third-order valence-electron chi connectivity index (χ3n) is 5.48. The van der Waals surface area contributed by atoms with E-state index in [1.54, 1.807) is 36.5 Å². The highest BCUT2D eigenvalue weighted by Gasteiger charge is 2.25. The summed E-state index contributed by atoms with van der Waals surface area (Å²) < 4.78 is 36.4. The number of fused-ring (bicyclic) bond motifs is 1. The first-order valence-corrected chi connectivity index (χ1v) is 10.8. The Morgan fingerprint density at radius 3 is 2.52 bits per heavy atom. The fraction of sp³-hybridized carbons (Fsp3) is 0.217. The minimum Gasteiger partial charge on any atom is -0.382 e. The van der Waals surface area contributed by atoms with Crippen molar-refractivity contribution in [2.75, 3.05) is 31.7 Å². The Morgan fingerprint density at radius 2 is 1.79 bits per heavy atom. The Labute approximate surface area is 193 Å². The third-order valence-corrected chi connectivity index (χ3v) is 5.82. The van der Waals surface area contributed by atoms with Crippen molar-refractivity contribution < 1.29 is 18.6 Å². The number of aliphatic hydroxyl groups excluding tert-OH is 1.